The summed E-state index contributed by atoms with van der Waals surface area (Å²) in [5.74, 6) is -0.752. The number of hydrogen-bond donors (Lipinski definition) is 0. The van der Waals surface area contributed by atoms with Crippen LogP contribution in [0.5, 0.6) is 0 Å². The molecule has 90 valence electrons. The Morgan fingerprint density at radius 2 is 2.00 bits per heavy atom. The zero-order chi connectivity index (χ0) is 12.7. The van der Waals surface area contributed by atoms with E-state index < -0.39 is 5.76 Å². The van der Waals surface area contributed by atoms with Crippen LogP contribution in [-0.2, 0) is 0 Å². The third kappa shape index (κ3) is 1.67. The van der Waals surface area contributed by atoms with Gasteiger partial charge < -0.3 is 0 Å². The second kappa shape index (κ2) is 3.92. The van der Waals surface area contributed by atoms with E-state index in [9.17, 15) is 4.79 Å². The van der Waals surface area contributed by atoms with Crippen molar-refractivity contribution >= 4 is 22.8 Å². The molecule has 0 bridgehead atoms. The topological polar surface area (TPSA) is 73.8 Å². The molecule has 0 fully saturated rings. The maximum absolute atomic E-state index is 11.1. The Bertz CT molecular complexity index is 776. The number of halogens is 1. The van der Waals surface area contributed by atoms with Gasteiger partial charge in [0, 0.05) is 5.02 Å². The molecule has 0 amide bonds. The van der Waals surface area contributed by atoms with Crippen LogP contribution in [-0.4, -0.2) is 19.9 Å². The highest BCUT2D eigenvalue weighted by Crippen LogP contribution is 2.18. The van der Waals surface area contributed by atoms with Crippen LogP contribution in [0.3, 0.4) is 0 Å². The maximum atomic E-state index is 11.1. The van der Waals surface area contributed by atoms with Crippen molar-refractivity contribution in [3.05, 3.63) is 45.5 Å². The number of fused-ring (bicyclic) bond motifs is 1. The first-order valence-corrected chi connectivity index (χ1v) is 5.52. The van der Waals surface area contributed by atoms with Crippen LogP contribution in [0, 0.1) is 6.92 Å². The average molecular weight is 263 g/mol. The first kappa shape index (κ1) is 10.9. The zero-order valence-corrected chi connectivity index (χ0v) is 10.0. The molecule has 18 heavy (non-hydrogen) atoms. The molecule has 3 aromatic rings. The van der Waals surface area contributed by atoms with Gasteiger partial charge in [-0.3, -0.25) is 4.52 Å². The van der Waals surface area contributed by atoms with Gasteiger partial charge in [-0.25, -0.2) is 9.48 Å². The van der Waals surface area contributed by atoms with Crippen LogP contribution < -0.4 is 5.76 Å². The Hall–Kier alpha value is -2.21. The molecule has 0 aliphatic rings. The molecule has 0 unspecified atom stereocenters. The summed E-state index contributed by atoms with van der Waals surface area (Å²) in [4.78, 5) is 14.9. The zero-order valence-electron chi connectivity index (χ0n) is 9.29. The van der Waals surface area contributed by atoms with Crippen molar-refractivity contribution in [3.8, 4) is 5.69 Å². The van der Waals surface area contributed by atoms with Crippen LogP contribution in [0.15, 0.2) is 33.6 Å². The highest BCUT2D eigenvalue weighted by Gasteiger charge is 2.13. The summed E-state index contributed by atoms with van der Waals surface area (Å²) in [6.45, 7) is 1.77. The lowest BCUT2D eigenvalue weighted by Crippen LogP contribution is -2.07. The minimum atomic E-state index is -0.752. The van der Waals surface area contributed by atoms with Crippen molar-refractivity contribution < 1.29 is 4.52 Å². The van der Waals surface area contributed by atoms with Gasteiger partial charge in [-0.15, -0.1) is 0 Å². The van der Waals surface area contributed by atoms with Gasteiger partial charge in [0.15, 0.2) is 11.2 Å². The second-order valence-corrected chi connectivity index (χ2v) is 4.14. The van der Waals surface area contributed by atoms with E-state index >= 15 is 0 Å². The quantitative estimate of drug-likeness (QED) is 0.668. The van der Waals surface area contributed by atoms with Crippen LogP contribution >= 0.6 is 11.6 Å². The minimum absolute atomic E-state index is 0.367. The fourth-order valence-corrected chi connectivity index (χ4v) is 1.79. The SMILES string of the molecule is Cc1nn(-c2ccc(Cl)cc2)c2nc(=O)onc12. The molecule has 2 heterocycles. The fraction of sp³-hybridized carbons (Fsp3) is 0.0909. The van der Waals surface area contributed by atoms with E-state index in [0.29, 0.717) is 21.9 Å². The molecule has 0 aliphatic carbocycles. The third-order valence-electron chi connectivity index (χ3n) is 2.49. The number of hydrogen-bond acceptors (Lipinski definition) is 5. The van der Waals surface area contributed by atoms with Crippen LogP contribution in [0.4, 0.5) is 0 Å². The predicted molar refractivity (Wildman–Crippen MR) is 64.9 cm³/mol. The van der Waals surface area contributed by atoms with E-state index in [4.69, 9.17) is 11.6 Å². The number of aryl methyl sites for hydroxylation is 1. The van der Waals surface area contributed by atoms with E-state index in [1.807, 2.05) is 0 Å². The van der Waals surface area contributed by atoms with Crippen LogP contribution in [0.25, 0.3) is 16.9 Å². The smallest absolute Gasteiger partial charge is 0.296 e. The van der Waals surface area contributed by atoms with Gasteiger partial charge in [0.25, 0.3) is 0 Å². The lowest BCUT2D eigenvalue weighted by Gasteiger charge is -2.01. The first-order chi connectivity index (χ1) is 8.65. The molecule has 7 heteroatoms. The number of rotatable bonds is 1. The molecule has 0 radical (unpaired) electrons. The Labute approximate surface area is 106 Å². The lowest BCUT2D eigenvalue weighted by molar-refractivity contribution is 0.363. The van der Waals surface area contributed by atoms with Crippen molar-refractivity contribution in [3.63, 3.8) is 0 Å². The fourth-order valence-electron chi connectivity index (χ4n) is 1.67. The van der Waals surface area contributed by atoms with E-state index in [0.717, 1.165) is 5.69 Å². The molecule has 3 rings (SSSR count). The average Bonchev–Trinajstić information content (AvgIpc) is 2.67. The number of benzene rings is 1. The predicted octanol–water partition coefficient (Wildman–Crippen LogP) is 1.73. The van der Waals surface area contributed by atoms with Gasteiger partial charge in [0.2, 0.25) is 0 Å². The van der Waals surface area contributed by atoms with Crippen molar-refractivity contribution in [1.29, 1.82) is 0 Å². The van der Waals surface area contributed by atoms with Gasteiger partial charge in [0.1, 0.15) is 0 Å². The van der Waals surface area contributed by atoms with E-state index in [-0.39, 0.29) is 0 Å². The van der Waals surface area contributed by atoms with Gasteiger partial charge in [-0.2, -0.15) is 10.1 Å². The molecule has 0 saturated carbocycles. The Morgan fingerprint density at radius 1 is 1.28 bits per heavy atom. The van der Waals surface area contributed by atoms with Crippen molar-refractivity contribution in [2.75, 3.05) is 0 Å². The molecule has 0 spiro atoms. The van der Waals surface area contributed by atoms with Gasteiger partial charge >= 0.3 is 5.76 Å². The largest absolute Gasteiger partial charge is 0.461 e. The molecular weight excluding hydrogens is 256 g/mol. The molecule has 0 atom stereocenters. The maximum Gasteiger partial charge on any atom is 0.461 e. The van der Waals surface area contributed by atoms with Crippen molar-refractivity contribution in [2.45, 2.75) is 6.92 Å². The summed E-state index contributed by atoms with van der Waals surface area (Å²) in [6, 6.07) is 7.03. The monoisotopic (exact) mass is 262 g/mol. The molecule has 0 N–H and O–H groups in total. The lowest BCUT2D eigenvalue weighted by atomic mass is 10.3. The van der Waals surface area contributed by atoms with Crippen molar-refractivity contribution in [1.82, 2.24) is 19.9 Å². The van der Waals surface area contributed by atoms with E-state index in [1.54, 1.807) is 31.2 Å². The van der Waals surface area contributed by atoms with Gasteiger partial charge in [0.05, 0.1) is 11.4 Å². The first-order valence-electron chi connectivity index (χ1n) is 5.14. The summed E-state index contributed by atoms with van der Waals surface area (Å²) in [5.41, 5.74) is 2.21. The second-order valence-electron chi connectivity index (χ2n) is 3.71. The van der Waals surface area contributed by atoms with Gasteiger partial charge in [-0.05, 0) is 31.2 Å². The van der Waals surface area contributed by atoms with Crippen LogP contribution in [0.2, 0.25) is 5.02 Å². The molecular formula is C11H7ClN4O2. The van der Waals surface area contributed by atoms with Crippen molar-refractivity contribution in [2.24, 2.45) is 0 Å². The van der Waals surface area contributed by atoms with Crippen LogP contribution in [0.1, 0.15) is 5.69 Å². The third-order valence-corrected chi connectivity index (χ3v) is 2.74. The summed E-state index contributed by atoms with van der Waals surface area (Å²) in [7, 11) is 0. The molecule has 0 saturated heterocycles. The standard InChI is InChI=1S/C11H7ClN4O2/c1-6-9-10(13-11(17)18-15-9)16(14-6)8-4-2-7(12)3-5-8/h2-5H,1H3. The molecule has 0 aliphatic heterocycles. The normalized spacial score (nSPS) is 11.0. The molecule has 6 nitrogen and oxygen atoms in total. The minimum Gasteiger partial charge on any atom is -0.296 e. The van der Waals surface area contributed by atoms with E-state index in [2.05, 4.69) is 19.8 Å². The highest BCUT2D eigenvalue weighted by atomic mass is 35.5. The Kier molecular flexibility index (Phi) is 2.38. The summed E-state index contributed by atoms with van der Waals surface area (Å²) in [5, 5.41) is 8.59. The summed E-state index contributed by atoms with van der Waals surface area (Å²) < 4.78 is 6.03. The molecule has 1 aromatic carbocycles. The number of aromatic nitrogens is 4. The Morgan fingerprint density at radius 3 is 2.72 bits per heavy atom. The Balaban J connectivity index is 2.32. The van der Waals surface area contributed by atoms with E-state index in [1.165, 1.54) is 4.68 Å². The summed E-state index contributed by atoms with van der Waals surface area (Å²) in [6.07, 6.45) is 0. The number of nitrogens with zero attached hydrogens (tertiary/aromatic N) is 4. The molecule has 2 aromatic heterocycles. The highest BCUT2D eigenvalue weighted by molar-refractivity contribution is 6.30. The van der Waals surface area contributed by atoms with Gasteiger partial charge in [-0.1, -0.05) is 16.8 Å². The summed E-state index contributed by atoms with van der Waals surface area (Å²) >= 11 is 5.83.